The van der Waals surface area contributed by atoms with Crippen molar-refractivity contribution in [3.8, 4) is 0 Å². The fourth-order valence-corrected chi connectivity index (χ4v) is 4.79. The third kappa shape index (κ3) is 4.18. The summed E-state index contributed by atoms with van der Waals surface area (Å²) in [6.45, 7) is 0. The Balaban J connectivity index is 2.04. The van der Waals surface area contributed by atoms with Gasteiger partial charge in [-0.3, -0.25) is 0 Å². The molecule has 0 aliphatic heterocycles. The van der Waals surface area contributed by atoms with Crippen molar-refractivity contribution in [2.45, 2.75) is 9.79 Å². The molecule has 3 aromatic rings. The first kappa shape index (κ1) is 17.5. The van der Waals surface area contributed by atoms with Crippen molar-refractivity contribution in [1.29, 1.82) is 0 Å². The molecule has 0 aliphatic carbocycles. The van der Waals surface area contributed by atoms with E-state index >= 15 is 0 Å². The summed E-state index contributed by atoms with van der Waals surface area (Å²) in [6.07, 6.45) is 0. The molecule has 0 heterocycles. The summed E-state index contributed by atoms with van der Waals surface area (Å²) >= 11 is 1.25. The molecule has 0 atom stereocenters. The minimum absolute atomic E-state index is 0.216. The highest BCUT2D eigenvalue weighted by atomic mass is 32.2. The van der Waals surface area contributed by atoms with Crippen LogP contribution in [0.4, 0.5) is 4.39 Å². The van der Waals surface area contributed by atoms with Gasteiger partial charge >= 0.3 is 0 Å². The van der Waals surface area contributed by atoms with Gasteiger partial charge in [0.2, 0.25) is 9.84 Å². The molecular formula is C20H15FO2S2. The van der Waals surface area contributed by atoms with E-state index in [1.165, 1.54) is 23.9 Å². The summed E-state index contributed by atoms with van der Waals surface area (Å²) in [5, 5.41) is 1.60. The molecule has 25 heavy (non-hydrogen) atoms. The van der Waals surface area contributed by atoms with Gasteiger partial charge < -0.3 is 0 Å². The van der Waals surface area contributed by atoms with Crippen molar-refractivity contribution in [3.63, 3.8) is 0 Å². The van der Waals surface area contributed by atoms with Crippen LogP contribution in [0, 0.1) is 5.82 Å². The summed E-state index contributed by atoms with van der Waals surface area (Å²) < 4.78 is 39.2. The highest BCUT2D eigenvalue weighted by Crippen LogP contribution is 2.32. The van der Waals surface area contributed by atoms with Crippen LogP contribution < -0.4 is 0 Å². The lowest BCUT2D eigenvalue weighted by atomic mass is 10.2. The molecule has 0 radical (unpaired) electrons. The lowest BCUT2D eigenvalue weighted by molar-refractivity contribution is 0.606. The first-order chi connectivity index (χ1) is 12.1. The highest BCUT2D eigenvalue weighted by molar-refractivity contribution is 8.05. The van der Waals surface area contributed by atoms with Gasteiger partial charge in [-0.1, -0.05) is 60.3 Å². The van der Waals surface area contributed by atoms with Crippen molar-refractivity contribution in [2.24, 2.45) is 0 Å². The van der Waals surface area contributed by atoms with Gasteiger partial charge in [-0.15, -0.1) is 0 Å². The molecule has 126 valence electrons. The maximum atomic E-state index is 13.1. The molecule has 2 nitrogen and oxygen atoms in total. The zero-order chi connectivity index (χ0) is 17.7. The Labute approximate surface area is 150 Å². The zero-order valence-electron chi connectivity index (χ0n) is 13.2. The molecule has 3 rings (SSSR count). The predicted molar refractivity (Wildman–Crippen MR) is 100 cm³/mol. The largest absolute Gasteiger partial charge is 0.218 e. The number of rotatable bonds is 5. The van der Waals surface area contributed by atoms with Gasteiger partial charge in [0.05, 0.1) is 9.80 Å². The summed E-state index contributed by atoms with van der Waals surface area (Å²) in [4.78, 5) is 1.22. The molecule has 3 aromatic carbocycles. The smallest absolute Gasteiger partial charge is 0.207 e. The molecule has 0 saturated carbocycles. The maximum Gasteiger partial charge on any atom is 0.207 e. The molecule has 0 N–H and O–H groups in total. The second-order valence-corrected chi connectivity index (χ2v) is 8.10. The van der Waals surface area contributed by atoms with E-state index in [4.69, 9.17) is 0 Å². The predicted octanol–water partition coefficient (Wildman–Crippen LogP) is 5.39. The first-order valence-electron chi connectivity index (χ1n) is 7.55. The Bertz CT molecular complexity index is 965. The van der Waals surface area contributed by atoms with E-state index in [0.717, 1.165) is 4.90 Å². The Morgan fingerprint density at radius 1 is 0.800 bits per heavy atom. The molecule has 0 unspecified atom stereocenters. The molecule has 0 aliphatic rings. The number of halogens is 1. The summed E-state index contributed by atoms with van der Waals surface area (Å²) in [7, 11) is -3.67. The van der Waals surface area contributed by atoms with Crippen molar-refractivity contribution in [3.05, 3.63) is 102 Å². The minimum Gasteiger partial charge on any atom is -0.218 e. The van der Waals surface area contributed by atoms with Crippen molar-refractivity contribution < 1.29 is 12.8 Å². The summed E-state index contributed by atoms with van der Waals surface area (Å²) in [5.74, 6) is -0.325. The van der Waals surface area contributed by atoms with Crippen molar-refractivity contribution >= 4 is 26.5 Å². The fraction of sp³-hybridized carbons (Fsp3) is 0. The number of sulfone groups is 1. The molecule has 0 saturated heterocycles. The Morgan fingerprint density at radius 2 is 1.36 bits per heavy atom. The molecular weight excluding hydrogens is 355 g/mol. The Hall–Kier alpha value is -2.37. The molecule has 0 aromatic heterocycles. The second-order valence-electron chi connectivity index (χ2n) is 5.24. The number of hydrogen-bond acceptors (Lipinski definition) is 3. The van der Waals surface area contributed by atoms with Gasteiger partial charge in [0, 0.05) is 4.90 Å². The van der Waals surface area contributed by atoms with Crippen molar-refractivity contribution in [2.75, 3.05) is 0 Å². The number of benzene rings is 3. The van der Waals surface area contributed by atoms with Gasteiger partial charge in [-0.25, -0.2) is 12.8 Å². The van der Waals surface area contributed by atoms with E-state index in [9.17, 15) is 12.8 Å². The molecule has 0 fully saturated rings. The van der Waals surface area contributed by atoms with Crippen LogP contribution in [0.3, 0.4) is 0 Å². The molecule has 0 bridgehead atoms. The Kier molecular flexibility index (Phi) is 5.36. The van der Waals surface area contributed by atoms with E-state index in [1.807, 2.05) is 6.07 Å². The second kappa shape index (κ2) is 7.68. The van der Waals surface area contributed by atoms with Crippen LogP contribution in [0.25, 0.3) is 4.91 Å². The fourth-order valence-electron chi connectivity index (χ4n) is 2.25. The number of hydrogen-bond donors (Lipinski definition) is 0. The molecule has 5 heteroatoms. The van der Waals surface area contributed by atoms with E-state index in [0.29, 0.717) is 5.56 Å². The zero-order valence-corrected chi connectivity index (χ0v) is 14.8. The van der Waals surface area contributed by atoms with Crippen LogP contribution in [-0.2, 0) is 9.84 Å². The van der Waals surface area contributed by atoms with Gasteiger partial charge in [0.25, 0.3) is 0 Å². The van der Waals surface area contributed by atoms with Crippen LogP contribution in [0.5, 0.6) is 0 Å². The minimum atomic E-state index is -3.67. The molecule has 0 amide bonds. The lowest BCUT2D eigenvalue weighted by Crippen LogP contribution is -2.04. The van der Waals surface area contributed by atoms with E-state index in [2.05, 4.69) is 0 Å². The van der Waals surface area contributed by atoms with E-state index < -0.39 is 9.84 Å². The van der Waals surface area contributed by atoms with Gasteiger partial charge in [-0.2, -0.15) is 0 Å². The standard InChI is InChI=1S/C20H15FO2S2/c21-17-11-13-18(14-12-17)24-15-20(16-7-3-1-4-8-16)25(22,23)19-9-5-2-6-10-19/h1-15H/b20-15+. The average molecular weight is 370 g/mol. The SMILES string of the molecule is O=S(=O)(/C(=C/Sc1ccc(F)cc1)c1ccccc1)c1ccccc1. The lowest BCUT2D eigenvalue weighted by Gasteiger charge is -2.10. The van der Waals surface area contributed by atoms with Crippen molar-refractivity contribution in [1.82, 2.24) is 0 Å². The van der Waals surface area contributed by atoms with Crippen LogP contribution in [0.1, 0.15) is 5.56 Å². The molecule has 0 spiro atoms. The van der Waals surface area contributed by atoms with Gasteiger partial charge in [-0.05, 0) is 47.4 Å². The van der Waals surface area contributed by atoms with Gasteiger partial charge in [0.1, 0.15) is 5.82 Å². The van der Waals surface area contributed by atoms with Crippen LogP contribution in [0.2, 0.25) is 0 Å². The topological polar surface area (TPSA) is 34.1 Å². The summed E-state index contributed by atoms with van der Waals surface area (Å²) in [6, 6.07) is 23.2. The normalized spacial score (nSPS) is 12.1. The third-order valence-corrected chi connectivity index (χ3v) is 6.39. The van der Waals surface area contributed by atoms with Crippen LogP contribution in [0.15, 0.2) is 100 Å². The average Bonchev–Trinajstić information content (AvgIpc) is 2.65. The monoisotopic (exact) mass is 370 g/mol. The van der Waals surface area contributed by atoms with E-state index in [-0.39, 0.29) is 15.6 Å². The number of thioether (sulfide) groups is 1. The third-order valence-electron chi connectivity index (χ3n) is 3.52. The quantitative estimate of drug-likeness (QED) is 0.565. The Morgan fingerprint density at radius 3 is 1.96 bits per heavy atom. The highest BCUT2D eigenvalue weighted by Gasteiger charge is 2.22. The summed E-state index contributed by atoms with van der Waals surface area (Å²) in [5.41, 5.74) is 0.612. The van der Waals surface area contributed by atoms with Gasteiger partial charge in [0.15, 0.2) is 0 Å². The van der Waals surface area contributed by atoms with Crippen LogP contribution in [-0.4, -0.2) is 8.42 Å². The maximum absolute atomic E-state index is 13.1. The van der Waals surface area contributed by atoms with Crippen LogP contribution >= 0.6 is 11.8 Å². The first-order valence-corrected chi connectivity index (χ1v) is 9.91. The van der Waals surface area contributed by atoms with E-state index in [1.54, 1.807) is 72.1 Å².